The fraction of sp³-hybridized carbons (Fsp3) is 0.111. The van der Waals surface area contributed by atoms with E-state index < -0.39 is 0 Å². The number of aryl methyl sites for hydroxylation is 1. The number of phenols is 1. The molecular weight excluding hydrogens is 170 g/mol. The Hall–Kier alpha value is -1.22. The molecule has 1 aromatic heterocycles. The molecule has 3 heteroatoms. The van der Waals surface area contributed by atoms with Crippen LogP contribution in [-0.4, -0.2) is 5.11 Å². The highest BCUT2D eigenvalue weighted by molar-refractivity contribution is 7.17. The van der Waals surface area contributed by atoms with Gasteiger partial charge in [-0.15, -0.1) is 11.3 Å². The van der Waals surface area contributed by atoms with Crippen LogP contribution in [0.3, 0.4) is 0 Å². The van der Waals surface area contributed by atoms with Crippen molar-refractivity contribution in [2.24, 2.45) is 0 Å². The Morgan fingerprint density at radius 1 is 1.42 bits per heavy atom. The first-order chi connectivity index (χ1) is 5.70. The highest BCUT2D eigenvalue weighted by Gasteiger charge is 2.06. The molecule has 0 aliphatic heterocycles. The van der Waals surface area contributed by atoms with Crippen LogP contribution in [0.25, 0.3) is 10.1 Å². The Morgan fingerprint density at radius 2 is 2.17 bits per heavy atom. The van der Waals surface area contributed by atoms with Crippen molar-refractivity contribution < 1.29 is 5.11 Å². The van der Waals surface area contributed by atoms with Gasteiger partial charge in [0.05, 0.1) is 5.69 Å². The number of nitrogen functional groups attached to an aromatic ring is 1. The van der Waals surface area contributed by atoms with Gasteiger partial charge in [0.25, 0.3) is 0 Å². The quantitative estimate of drug-likeness (QED) is 0.652. The van der Waals surface area contributed by atoms with Crippen LogP contribution in [0.2, 0.25) is 0 Å². The second-order valence-corrected chi connectivity index (χ2v) is 3.69. The van der Waals surface area contributed by atoms with Gasteiger partial charge >= 0.3 is 0 Å². The normalized spacial score (nSPS) is 10.8. The molecule has 0 atom stereocenters. The number of aromatic hydroxyl groups is 1. The van der Waals surface area contributed by atoms with E-state index in [0.717, 1.165) is 21.3 Å². The van der Waals surface area contributed by atoms with Gasteiger partial charge in [0, 0.05) is 21.0 Å². The second kappa shape index (κ2) is 2.38. The summed E-state index contributed by atoms with van der Waals surface area (Å²) in [6, 6.07) is 3.59. The zero-order chi connectivity index (χ0) is 8.72. The van der Waals surface area contributed by atoms with Crippen molar-refractivity contribution in [2.45, 2.75) is 6.92 Å². The highest BCUT2D eigenvalue weighted by atomic mass is 32.1. The number of phenolic OH excluding ortho intramolecular Hbond substituents is 1. The molecule has 2 rings (SSSR count). The first-order valence-electron chi connectivity index (χ1n) is 3.65. The maximum Gasteiger partial charge on any atom is 0.119 e. The van der Waals surface area contributed by atoms with Crippen molar-refractivity contribution in [1.82, 2.24) is 0 Å². The van der Waals surface area contributed by atoms with Gasteiger partial charge < -0.3 is 10.8 Å². The fourth-order valence-electron chi connectivity index (χ4n) is 1.32. The minimum Gasteiger partial charge on any atom is -0.508 e. The fourth-order valence-corrected chi connectivity index (χ4v) is 2.23. The Bertz CT molecular complexity index is 433. The van der Waals surface area contributed by atoms with E-state index in [0.29, 0.717) is 5.75 Å². The molecule has 0 unspecified atom stereocenters. The lowest BCUT2D eigenvalue weighted by atomic mass is 10.1. The zero-order valence-electron chi connectivity index (χ0n) is 6.66. The van der Waals surface area contributed by atoms with Gasteiger partial charge in [-0.25, -0.2) is 0 Å². The number of anilines is 1. The molecule has 62 valence electrons. The Balaban J connectivity index is 2.96. The number of fused-ring (bicyclic) bond motifs is 1. The standard InChI is InChI=1S/C9H9NOS/c1-5-7(11)2-3-8-9(5)6(10)4-12-8/h2-4,11H,10H2,1H3. The first kappa shape index (κ1) is 7.43. The number of hydrogen-bond acceptors (Lipinski definition) is 3. The van der Waals surface area contributed by atoms with Crippen LogP contribution < -0.4 is 5.73 Å². The summed E-state index contributed by atoms with van der Waals surface area (Å²) in [5.41, 5.74) is 7.37. The van der Waals surface area contributed by atoms with Gasteiger partial charge in [-0.2, -0.15) is 0 Å². The largest absolute Gasteiger partial charge is 0.508 e. The van der Waals surface area contributed by atoms with E-state index in [2.05, 4.69) is 0 Å². The molecule has 0 saturated carbocycles. The van der Waals surface area contributed by atoms with E-state index in [-0.39, 0.29) is 0 Å². The molecule has 0 bridgehead atoms. The summed E-state index contributed by atoms with van der Waals surface area (Å²) in [5, 5.41) is 12.3. The zero-order valence-corrected chi connectivity index (χ0v) is 7.48. The number of nitrogens with two attached hydrogens (primary N) is 1. The molecule has 1 heterocycles. The molecule has 0 spiro atoms. The lowest BCUT2D eigenvalue weighted by Crippen LogP contribution is -1.83. The van der Waals surface area contributed by atoms with Gasteiger partial charge in [-0.3, -0.25) is 0 Å². The van der Waals surface area contributed by atoms with Crippen LogP contribution in [0, 0.1) is 6.92 Å². The second-order valence-electron chi connectivity index (χ2n) is 2.77. The Labute approximate surface area is 74.3 Å². The van der Waals surface area contributed by atoms with Crippen molar-refractivity contribution in [3.63, 3.8) is 0 Å². The number of rotatable bonds is 0. The third kappa shape index (κ3) is 0.865. The van der Waals surface area contributed by atoms with Crippen LogP contribution in [0.4, 0.5) is 5.69 Å². The van der Waals surface area contributed by atoms with Gasteiger partial charge in [0.15, 0.2) is 0 Å². The number of thiophene rings is 1. The molecular formula is C9H9NOS. The topological polar surface area (TPSA) is 46.2 Å². The average molecular weight is 179 g/mol. The SMILES string of the molecule is Cc1c(O)ccc2scc(N)c12. The summed E-state index contributed by atoms with van der Waals surface area (Å²) in [6.07, 6.45) is 0. The van der Waals surface area contributed by atoms with Gasteiger partial charge in [-0.05, 0) is 19.1 Å². The molecule has 0 radical (unpaired) electrons. The summed E-state index contributed by atoms with van der Waals surface area (Å²) in [7, 11) is 0. The summed E-state index contributed by atoms with van der Waals surface area (Å²) in [6.45, 7) is 1.88. The summed E-state index contributed by atoms with van der Waals surface area (Å²) in [4.78, 5) is 0. The van der Waals surface area contributed by atoms with Gasteiger partial charge in [0.1, 0.15) is 5.75 Å². The van der Waals surface area contributed by atoms with E-state index in [9.17, 15) is 5.11 Å². The van der Waals surface area contributed by atoms with E-state index >= 15 is 0 Å². The molecule has 2 nitrogen and oxygen atoms in total. The van der Waals surface area contributed by atoms with Crippen molar-refractivity contribution >= 4 is 27.1 Å². The minimum absolute atomic E-state index is 0.313. The van der Waals surface area contributed by atoms with E-state index in [1.165, 1.54) is 0 Å². The minimum atomic E-state index is 0.313. The van der Waals surface area contributed by atoms with Crippen LogP contribution in [0.1, 0.15) is 5.56 Å². The predicted molar refractivity (Wildman–Crippen MR) is 52.6 cm³/mol. The van der Waals surface area contributed by atoms with Crippen LogP contribution in [-0.2, 0) is 0 Å². The third-order valence-corrected chi connectivity index (χ3v) is 2.97. The van der Waals surface area contributed by atoms with Gasteiger partial charge in [0.2, 0.25) is 0 Å². The third-order valence-electron chi connectivity index (χ3n) is 2.00. The van der Waals surface area contributed by atoms with Crippen molar-refractivity contribution in [3.8, 4) is 5.75 Å². The first-order valence-corrected chi connectivity index (χ1v) is 4.53. The molecule has 1 aromatic carbocycles. The Morgan fingerprint density at radius 3 is 2.92 bits per heavy atom. The van der Waals surface area contributed by atoms with Crippen LogP contribution in [0.15, 0.2) is 17.5 Å². The molecule has 0 aliphatic carbocycles. The van der Waals surface area contributed by atoms with Crippen molar-refractivity contribution in [2.75, 3.05) is 5.73 Å². The molecule has 3 N–H and O–H groups in total. The molecule has 0 saturated heterocycles. The van der Waals surface area contributed by atoms with Crippen molar-refractivity contribution in [3.05, 3.63) is 23.1 Å². The molecule has 2 aromatic rings. The summed E-state index contributed by atoms with van der Waals surface area (Å²) >= 11 is 1.60. The highest BCUT2D eigenvalue weighted by Crippen LogP contribution is 2.34. The van der Waals surface area contributed by atoms with Crippen LogP contribution >= 0.6 is 11.3 Å². The van der Waals surface area contributed by atoms with E-state index in [1.807, 2.05) is 18.4 Å². The maximum absolute atomic E-state index is 9.41. The van der Waals surface area contributed by atoms with Crippen LogP contribution in [0.5, 0.6) is 5.75 Å². The van der Waals surface area contributed by atoms with Crippen molar-refractivity contribution in [1.29, 1.82) is 0 Å². The molecule has 0 aliphatic rings. The summed E-state index contributed by atoms with van der Waals surface area (Å²) in [5.74, 6) is 0.313. The molecule has 0 amide bonds. The van der Waals surface area contributed by atoms with E-state index in [1.54, 1.807) is 17.4 Å². The Kier molecular flexibility index (Phi) is 1.48. The predicted octanol–water partition coefficient (Wildman–Crippen LogP) is 2.50. The smallest absolute Gasteiger partial charge is 0.119 e. The average Bonchev–Trinajstić information content (AvgIpc) is 2.41. The lowest BCUT2D eigenvalue weighted by molar-refractivity contribution is 0.472. The monoisotopic (exact) mass is 179 g/mol. The molecule has 0 fully saturated rings. The number of benzene rings is 1. The number of hydrogen-bond donors (Lipinski definition) is 2. The lowest BCUT2D eigenvalue weighted by Gasteiger charge is -2.00. The van der Waals surface area contributed by atoms with Gasteiger partial charge in [-0.1, -0.05) is 0 Å². The van der Waals surface area contributed by atoms with E-state index in [4.69, 9.17) is 5.73 Å². The summed E-state index contributed by atoms with van der Waals surface area (Å²) < 4.78 is 1.13. The molecule has 12 heavy (non-hydrogen) atoms. The maximum atomic E-state index is 9.41.